The molecule has 0 saturated heterocycles. The fraction of sp³-hybridized carbons (Fsp3) is 0.421. The second-order valence-electron chi connectivity index (χ2n) is 6.84. The van der Waals surface area contributed by atoms with Crippen LogP contribution in [0.3, 0.4) is 0 Å². The average molecular weight is 420 g/mol. The van der Waals surface area contributed by atoms with Gasteiger partial charge in [0.2, 0.25) is 10.0 Å². The minimum atomic E-state index is -3.73. The van der Waals surface area contributed by atoms with E-state index >= 15 is 0 Å². The van der Waals surface area contributed by atoms with Crippen LogP contribution in [0.1, 0.15) is 32.9 Å². The Bertz CT molecular complexity index is 1210. The Morgan fingerprint density at radius 3 is 2.69 bits per heavy atom. The molecule has 29 heavy (non-hydrogen) atoms. The van der Waals surface area contributed by atoms with Crippen molar-refractivity contribution in [1.29, 1.82) is 0 Å². The quantitative estimate of drug-likeness (QED) is 0.605. The number of rotatable bonds is 7. The summed E-state index contributed by atoms with van der Waals surface area (Å²) >= 11 is 0. The molecule has 1 atom stereocenters. The minimum Gasteiger partial charge on any atom is -0.493 e. The number of aromatic nitrogens is 4. The minimum absolute atomic E-state index is 0.0712. The molecule has 0 bridgehead atoms. The maximum atomic E-state index is 12.7. The van der Waals surface area contributed by atoms with Gasteiger partial charge in [-0.1, -0.05) is 6.92 Å². The van der Waals surface area contributed by atoms with Crippen molar-refractivity contribution < 1.29 is 13.2 Å². The van der Waals surface area contributed by atoms with Gasteiger partial charge in [-0.3, -0.25) is 9.48 Å². The van der Waals surface area contributed by atoms with E-state index in [0.29, 0.717) is 41.1 Å². The van der Waals surface area contributed by atoms with Crippen molar-refractivity contribution in [2.45, 2.75) is 45.1 Å². The van der Waals surface area contributed by atoms with Crippen molar-refractivity contribution in [3.63, 3.8) is 0 Å². The predicted octanol–water partition coefficient (Wildman–Crippen LogP) is 2.11. The van der Waals surface area contributed by atoms with E-state index in [1.54, 1.807) is 27.0 Å². The van der Waals surface area contributed by atoms with Crippen LogP contribution in [0.4, 0.5) is 0 Å². The molecular weight excluding hydrogens is 394 g/mol. The molecule has 0 amide bonds. The van der Waals surface area contributed by atoms with Gasteiger partial charge in [0, 0.05) is 13.1 Å². The van der Waals surface area contributed by atoms with Crippen molar-refractivity contribution in [2.75, 3.05) is 6.61 Å². The Balaban J connectivity index is 2.21. The largest absolute Gasteiger partial charge is 0.493 e. The first kappa shape index (κ1) is 21.0. The van der Waals surface area contributed by atoms with Crippen LogP contribution in [0.15, 0.2) is 27.9 Å². The molecule has 0 fully saturated rings. The number of hydrogen-bond donors (Lipinski definition) is 2. The predicted molar refractivity (Wildman–Crippen MR) is 111 cm³/mol. The Labute approximate surface area is 169 Å². The molecule has 3 rings (SSSR count). The van der Waals surface area contributed by atoms with Crippen LogP contribution in [0.2, 0.25) is 0 Å². The van der Waals surface area contributed by atoms with Gasteiger partial charge in [-0.05, 0) is 45.4 Å². The normalized spacial score (nSPS) is 13.0. The molecule has 156 valence electrons. The number of hydrogen-bond acceptors (Lipinski definition) is 6. The Morgan fingerprint density at radius 1 is 1.31 bits per heavy atom. The molecule has 0 spiro atoms. The van der Waals surface area contributed by atoms with Crippen LogP contribution in [0.5, 0.6) is 5.75 Å². The third-order valence-corrected chi connectivity index (χ3v) is 6.23. The smallest absolute Gasteiger partial charge is 0.277 e. The molecular formula is C19H25N5O4S. The molecule has 1 unspecified atom stereocenters. The molecule has 2 aromatic heterocycles. The number of nitrogens with one attached hydrogen (secondary N) is 2. The van der Waals surface area contributed by atoms with Gasteiger partial charge < -0.3 is 9.72 Å². The SMILES string of the molecule is CCOc1ccc(S(=O)(=O)NC(C)CC)cc1-c1nc2c(C)nn(C)c2c(=O)[nH]1. The van der Waals surface area contributed by atoms with Gasteiger partial charge in [0.1, 0.15) is 17.1 Å². The van der Waals surface area contributed by atoms with Gasteiger partial charge in [0.25, 0.3) is 5.56 Å². The van der Waals surface area contributed by atoms with Crippen LogP contribution in [-0.2, 0) is 17.1 Å². The van der Waals surface area contributed by atoms with Crippen molar-refractivity contribution in [2.24, 2.45) is 7.05 Å². The summed E-state index contributed by atoms with van der Waals surface area (Å²) in [4.78, 5) is 19.9. The second-order valence-corrected chi connectivity index (χ2v) is 8.56. The number of benzene rings is 1. The van der Waals surface area contributed by atoms with Gasteiger partial charge in [-0.15, -0.1) is 0 Å². The number of ether oxygens (including phenoxy) is 1. The highest BCUT2D eigenvalue weighted by atomic mass is 32.2. The summed E-state index contributed by atoms with van der Waals surface area (Å²) in [6.07, 6.45) is 0.662. The third-order valence-electron chi connectivity index (χ3n) is 4.65. The Hall–Kier alpha value is -2.72. The highest BCUT2D eigenvalue weighted by Gasteiger charge is 2.21. The topological polar surface area (TPSA) is 119 Å². The van der Waals surface area contributed by atoms with Crippen molar-refractivity contribution in [3.05, 3.63) is 34.2 Å². The fourth-order valence-electron chi connectivity index (χ4n) is 3.03. The van der Waals surface area contributed by atoms with Crippen LogP contribution in [0.25, 0.3) is 22.4 Å². The number of nitrogens with zero attached hydrogens (tertiary/aromatic N) is 3. The lowest BCUT2D eigenvalue weighted by Crippen LogP contribution is -2.32. The zero-order valence-corrected chi connectivity index (χ0v) is 17.9. The number of aromatic amines is 1. The van der Waals surface area contributed by atoms with E-state index in [0.717, 1.165) is 0 Å². The fourth-order valence-corrected chi connectivity index (χ4v) is 4.38. The van der Waals surface area contributed by atoms with Gasteiger partial charge in [-0.2, -0.15) is 5.10 Å². The summed E-state index contributed by atoms with van der Waals surface area (Å²) in [6, 6.07) is 4.31. The lowest BCUT2D eigenvalue weighted by molar-refractivity contribution is 0.341. The lowest BCUT2D eigenvalue weighted by atomic mass is 10.2. The number of H-pyrrole nitrogens is 1. The summed E-state index contributed by atoms with van der Waals surface area (Å²) in [6.45, 7) is 7.66. The molecule has 0 radical (unpaired) electrons. The maximum Gasteiger partial charge on any atom is 0.277 e. The summed E-state index contributed by atoms with van der Waals surface area (Å²) in [5.74, 6) is 0.654. The third kappa shape index (κ3) is 4.03. The average Bonchev–Trinajstić information content (AvgIpc) is 2.95. The van der Waals surface area contributed by atoms with Gasteiger partial charge in [0.15, 0.2) is 5.52 Å². The first-order valence-electron chi connectivity index (χ1n) is 9.41. The summed E-state index contributed by atoms with van der Waals surface area (Å²) in [5, 5.41) is 4.24. The molecule has 0 aliphatic heterocycles. The Kier molecular flexibility index (Phi) is 5.76. The van der Waals surface area contributed by atoms with Crippen LogP contribution in [-0.4, -0.2) is 40.8 Å². The number of aryl methyl sites for hydroxylation is 2. The van der Waals surface area contributed by atoms with Gasteiger partial charge >= 0.3 is 0 Å². The molecule has 2 N–H and O–H groups in total. The standard InChI is InChI=1S/C19H25N5O4S/c1-6-11(3)23-29(26,27)13-8-9-15(28-7-2)14(10-13)18-20-16-12(4)22-24(5)17(16)19(25)21-18/h8-11,23H,6-7H2,1-5H3,(H,20,21,25). The lowest BCUT2D eigenvalue weighted by Gasteiger charge is -2.15. The molecule has 1 aromatic carbocycles. The van der Waals surface area contributed by atoms with Crippen LogP contribution >= 0.6 is 0 Å². The molecule has 2 heterocycles. The zero-order valence-electron chi connectivity index (χ0n) is 17.1. The van der Waals surface area contributed by atoms with Gasteiger partial charge in [0.05, 0.1) is 22.8 Å². The van der Waals surface area contributed by atoms with Crippen LogP contribution < -0.4 is 15.0 Å². The van der Waals surface area contributed by atoms with Crippen molar-refractivity contribution in [1.82, 2.24) is 24.5 Å². The van der Waals surface area contributed by atoms with Crippen molar-refractivity contribution in [3.8, 4) is 17.1 Å². The van der Waals surface area contributed by atoms with E-state index < -0.39 is 10.0 Å². The first-order valence-corrected chi connectivity index (χ1v) is 10.9. The summed E-state index contributed by atoms with van der Waals surface area (Å²) in [7, 11) is -2.06. The van der Waals surface area contributed by atoms with Crippen LogP contribution in [0, 0.1) is 6.92 Å². The highest BCUT2D eigenvalue weighted by Crippen LogP contribution is 2.31. The maximum absolute atomic E-state index is 12.7. The van der Waals surface area contributed by atoms with E-state index in [4.69, 9.17) is 4.74 Å². The molecule has 9 nitrogen and oxygen atoms in total. The highest BCUT2D eigenvalue weighted by molar-refractivity contribution is 7.89. The Morgan fingerprint density at radius 2 is 2.03 bits per heavy atom. The molecule has 10 heteroatoms. The zero-order chi connectivity index (χ0) is 21.3. The van der Waals surface area contributed by atoms with E-state index in [9.17, 15) is 13.2 Å². The number of sulfonamides is 1. The van der Waals surface area contributed by atoms with Gasteiger partial charge in [-0.25, -0.2) is 18.1 Å². The van der Waals surface area contributed by atoms with E-state index in [-0.39, 0.29) is 22.3 Å². The van der Waals surface area contributed by atoms with E-state index in [2.05, 4.69) is 19.8 Å². The molecule has 0 aliphatic rings. The van der Waals surface area contributed by atoms with E-state index in [1.165, 1.54) is 16.8 Å². The second kappa shape index (κ2) is 7.96. The monoisotopic (exact) mass is 419 g/mol. The number of fused-ring (bicyclic) bond motifs is 1. The van der Waals surface area contributed by atoms with E-state index in [1.807, 2.05) is 13.8 Å². The summed E-state index contributed by atoms with van der Waals surface area (Å²) in [5.41, 5.74) is 1.45. The molecule has 0 aliphatic carbocycles. The molecule has 0 saturated carbocycles. The van der Waals surface area contributed by atoms with Crippen molar-refractivity contribution >= 4 is 21.1 Å². The molecule has 3 aromatic rings. The first-order chi connectivity index (χ1) is 13.7. The summed E-state index contributed by atoms with van der Waals surface area (Å²) < 4.78 is 35.2.